The first-order valence-corrected chi connectivity index (χ1v) is 11.0. The minimum atomic E-state index is -0.301. The summed E-state index contributed by atoms with van der Waals surface area (Å²) >= 11 is 0. The molecule has 0 aliphatic heterocycles. The molecule has 0 spiro atoms. The number of pyridine rings is 1. The first-order chi connectivity index (χ1) is 16.2. The van der Waals surface area contributed by atoms with Crippen LogP contribution in [0.5, 0.6) is 5.75 Å². The van der Waals surface area contributed by atoms with Crippen molar-refractivity contribution in [3.05, 3.63) is 103 Å². The van der Waals surface area contributed by atoms with E-state index in [0.29, 0.717) is 18.8 Å². The lowest BCUT2D eigenvalue weighted by molar-refractivity contribution is 0.0932. The molecule has 0 fully saturated rings. The number of ether oxygens (including phenoxy) is 1. The van der Waals surface area contributed by atoms with Crippen molar-refractivity contribution >= 4 is 27.7 Å². The van der Waals surface area contributed by atoms with Gasteiger partial charge in [-0.25, -0.2) is 4.98 Å². The van der Waals surface area contributed by atoms with E-state index in [1.807, 2.05) is 55.5 Å². The number of fused-ring (bicyclic) bond motifs is 2. The summed E-state index contributed by atoms with van der Waals surface area (Å²) in [6, 6.07) is 27.2. The van der Waals surface area contributed by atoms with Gasteiger partial charge < -0.3 is 14.6 Å². The Morgan fingerprint density at radius 1 is 0.970 bits per heavy atom. The molecule has 0 aliphatic rings. The molecule has 0 radical (unpaired) electrons. The molecule has 1 N–H and O–H groups in total. The van der Waals surface area contributed by atoms with Gasteiger partial charge in [0.05, 0.1) is 23.6 Å². The Kier molecular flexibility index (Phi) is 5.72. The fourth-order valence-corrected chi connectivity index (χ4v) is 4.06. The number of aromatic nitrogens is 3. The van der Waals surface area contributed by atoms with Crippen molar-refractivity contribution in [1.82, 2.24) is 19.9 Å². The molecule has 1 atom stereocenters. The highest BCUT2D eigenvalue weighted by molar-refractivity contribution is 5.92. The normalized spacial score (nSPS) is 12.0. The number of imidazole rings is 1. The summed E-state index contributed by atoms with van der Waals surface area (Å²) in [5.74, 6) is 1.41. The van der Waals surface area contributed by atoms with Crippen molar-refractivity contribution in [3.63, 3.8) is 0 Å². The lowest BCUT2D eigenvalue weighted by atomic mass is 10.1. The molecule has 164 valence electrons. The summed E-state index contributed by atoms with van der Waals surface area (Å²) in [6.07, 6.45) is 1.61. The minimum Gasteiger partial charge on any atom is -0.491 e. The molecule has 2 heterocycles. The molecule has 6 heteroatoms. The van der Waals surface area contributed by atoms with Crippen LogP contribution in [0.2, 0.25) is 0 Å². The molecule has 5 rings (SSSR count). The van der Waals surface area contributed by atoms with Crippen molar-refractivity contribution in [2.75, 3.05) is 6.61 Å². The molecule has 5 aromatic rings. The summed E-state index contributed by atoms with van der Waals surface area (Å²) in [6.45, 7) is 3.01. The van der Waals surface area contributed by atoms with E-state index in [0.717, 1.165) is 33.4 Å². The van der Waals surface area contributed by atoms with Gasteiger partial charge >= 0.3 is 0 Å². The lowest BCUT2D eigenvalue weighted by Gasteiger charge is -2.17. The summed E-state index contributed by atoms with van der Waals surface area (Å²) in [5.41, 5.74) is 2.27. The van der Waals surface area contributed by atoms with Gasteiger partial charge in [-0.1, -0.05) is 54.6 Å². The van der Waals surface area contributed by atoms with Crippen LogP contribution in [0.3, 0.4) is 0 Å². The van der Waals surface area contributed by atoms with Crippen molar-refractivity contribution < 1.29 is 9.53 Å². The number of rotatable bonds is 7. The van der Waals surface area contributed by atoms with E-state index in [2.05, 4.69) is 33.1 Å². The maximum absolute atomic E-state index is 12.6. The zero-order chi connectivity index (χ0) is 22.6. The van der Waals surface area contributed by atoms with Gasteiger partial charge in [0, 0.05) is 11.6 Å². The first kappa shape index (κ1) is 20.7. The Hall–Kier alpha value is -4.19. The van der Waals surface area contributed by atoms with E-state index in [9.17, 15) is 4.79 Å². The Bertz CT molecular complexity index is 1410. The zero-order valence-electron chi connectivity index (χ0n) is 18.3. The predicted molar refractivity (Wildman–Crippen MR) is 129 cm³/mol. The fourth-order valence-electron chi connectivity index (χ4n) is 4.06. The fraction of sp³-hybridized carbons (Fsp3) is 0.148. The number of hydrogen-bond acceptors (Lipinski definition) is 4. The molecule has 0 saturated heterocycles. The number of benzene rings is 3. The molecule has 3 aromatic carbocycles. The van der Waals surface area contributed by atoms with Crippen LogP contribution in [0.15, 0.2) is 91.1 Å². The zero-order valence-corrected chi connectivity index (χ0v) is 18.3. The minimum absolute atomic E-state index is 0.228. The number of hydrogen-bond donors (Lipinski definition) is 1. The predicted octanol–water partition coefficient (Wildman–Crippen LogP) is 5.15. The largest absolute Gasteiger partial charge is 0.491 e. The van der Waals surface area contributed by atoms with Gasteiger partial charge in [0.1, 0.15) is 23.9 Å². The van der Waals surface area contributed by atoms with E-state index >= 15 is 0 Å². The highest BCUT2D eigenvalue weighted by Crippen LogP contribution is 2.26. The van der Waals surface area contributed by atoms with Crippen LogP contribution in [-0.2, 0) is 6.54 Å². The summed E-state index contributed by atoms with van der Waals surface area (Å²) in [5, 5.41) is 5.26. The summed E-state index contributed by atoms with van der Waals surface area (Å²) in [4.78, 5) is 21.6. The van der Waals surface area contributed by atoms with Crippen molar-refractivity contribution in [2.24, 2.45) is 0 Å². The van der Waals surface area contributed by atoms with Gasteiger partial charge in [-0.15, -0.1) is 0 Å². The second kappa shape index (κ2) is 9.12. The molecule has 33 heavy (non-hydrogen) atoms. The Morgan fingerprint density at radius 2 is 1.76 bits per heavy atom. The molecule has 1 unspecified atom stereocenters. The van der Waals surface area contributed by atoms with Gasteiger partial charge in [0.15, 0.2) is 0 Å². The van der Waals surface area contributed by atoms with Crippen molar-refractivity contribution in [3.8, 4) is 5.75 Å². The van der Waals surface area contributed by atoms with Crippen LogP contribution >= 0.6 is 0 Å². The number of carbonyl (C=O) groups excluding carboxylic acids is 1. The van der Waals surface area contributed by atoms with Crippen LogP contribution in [0.1, 0.15) is 29.3 Å². The van der Waals surface area contributed by atoms with Gasteiger partial charge in [0.2, 0.25) is 0 Å². The average Bonchev–Trinajstić information content (AvgIpc) is 3.23. The average molecular weight is 437 g/mol. The van der Waals surface area contributed by atoms with Gasteiger partial charge in [-0.2, -0.15) is 0 Å². The van der Waals surface area contributed by atoms with E-state index in [1.165, 1.54) is 0 Å². The van der Waals surface area contributed by atoms with E-state index in [-0.39, 0.29) is 11.9 Å². The van der Waals surface area contributed by atoms with Crippen molar-refractivity contribution in [2.45, 2.75) is 19.5 Å². The third-order valence-electron chi connectivity index (χ3n) is 5.64. The topological polar surface area (TPSA) is 69.0 Å². The molecule has 0 saturated carbocycles. The number of nitrogens with one attached hydrogen (secondary N) is 1. The van der Waals surface area contributed by atoms with Crippen LogP contribution in [-0.4, -0.2) is 27.0 Å². The van der Waals surface area contributed by atoms with E-state index in [1.54, 1.807) is 24.4 Å². The Balaban J connectivity index is 1.38. The smallest absolute Gasteiger partial charge is 0.270 e. The standard InChI is InChI=1S/C27H24N4O2/c1-19(29-27(32)23-13-6-7-16-28-23)26-30-22-12-4-5-14-24(22)31(26)17-18-33-25-15-8-10-20-9-2-3-11-21(20)25/h2-16,19H,17-18H2,1H3,(H,29,32). The Morgan fingerprint density at radius 3 is 2.64 bits per heavy atom. The number of para-hydroxylation sites is 2. The number of nitrogens with zero attached hydrogens (tertiary/aromatic N) is 3. The first-order valence-electron chi connectivity index (χ1n) is 11.0. The molecule has 6 nitrogen and oxygen atoms in total. The molecular weight excluding hydrogens is 412 g/mol. The number of amides is 1. The second-order valence-electron chi connectivity index (χ2n) is 7.85. The maximum atomic E-state index is 12.6. The summed E-state index contributed by atoms with van der Waals surface area (Å²) in [7, 11) is 0. The van der Waals surface area contributed by atoms with Crippen LogP contribution < -0.4 is 10.1 Å². The highest BCUT2D eigenvalue weighted by atomic mass is 16.5. The quantitative estimate of drug-likeness (QED) is 0.383. The molecule has 2 aromatic heterocycles. The highest BCUT2D eigenvalue weighted by Gasteiger charge is 2.19. The van der Waals surface area contributed by atoms with Crippen molar-refractivity contribution in [1.29, 1.82) is 0 Å². The monoisotopic (exact) mass is 436 g/mol. The van der Waals surface area contributed by atoms with Gasteiger partial charge in [-0.3, -0.25) is 9.78 Å². The lowest BCUT2D eigenvalue weighted by Crippen LogP contribution is -2.29. The van der Waals surface area contributed by atoms with Gasteiger partial charge in [0.25, 0.3) is 5.91 Å². The molecular formula is C27H24N4O2. The molecule has 1 amide bonds. The van der Waals surface area contributed by atoms with E-state index in [4.69, 9.17) is 9.72 Å². The SMILES string of the molecule is CC(NC(=O)c1ccccn1)c1nc2ccccc2n1CCOc1cccc2ccccc12. The van der Waals surface area contributed by atoms with Crippen LogP contribution in [0.25, 0.3) is 21.8 Å². The van der Waals surface area contributed by atoms with Crippen LogP contribution in [0, 0.1) is 0 Å². The maximum Gasteiger partial charge on any atom is 0.270 e. The van der Waals surface area contributed by atoms with Crippen LogP contribution in [0.4, 0.5) is 0 Å². The second-order valence-corrected chi connectivity index (χ2v) is 7.85. The number of carbonyl (C=O) groups is 1. The molecule has 0 aliphatic carbocycles. The third-order valence-corrected chi connectivity index (χ3v) is 5.64. The summed E-state index contributed by atoms with van der Waals surface area (Å²) < 4.78 is 8.30. The molecule has 0 bridgehead atoms. The van der Waals surface area contributed by atoms with E-state index < -0.39 is 0 Å². The van der Waals surface area contributed by atoms with Gasteiger partial charge in [-0.05, 0) is 42.6 Å². The Labute approximate surface area is 191 Å². The third kappa shape index (κ3) is 4.28.